The maximum atomic E-state index is 12.1. The molecule has 2 amide bonds. The Bertz CT molecular complexity index is 723. The van der Waals surface area contributed by atoms with Crippen LogP contribution in [0.4, 0.5) is 0 Å². The zero-order valence-corrected chi connectivity index (χ0v) is 11.4. The van der Waals surface area contributed by atoms with Crippen LogP contribution in [0.1, 0.15) is 31.3 Å². The highest BCUT2D eigenvalue weighted by Gasteiger charge is 2.23. The molecule has 0 saturated carbocycles. The summed E-state index contributed by atoms with van der Waals surface area (Å²) in [7, 11) is 0. The zero-order chi connectivity index (χ0) is 15.6. The second-order valence-corrected chi connectivity index (χ2v) is 4.54. The van der Waals surface area contributed by atoms with E-state index in [1.54, 1.807) is 12.1 Å². The van der Waals surface area contributed by atoms with Gasteiger partial charge in [0, 0.05) is 10.6 Å². The van der Waals surface area contributed by atoms with Crippen molar-refractivity contribution < 1.29 is 14.4 Å². The molecular formula is C12H10ClN5O3. The highest BCUT2D eigenvalue weighted by molar-refractivity contribution is 6.30. The van der Waals surface area contributed by atoms with E-state index >= 15 is 0 Å². The first kappa shape index (κ1) is 14.7. The maximum Gasteiger partial charge on any atom is 0.271 e. The van der Waals surface area contributed by atoms with Gasteiger partial charge in [0.15, 0.2) is 17.2 Å². The summed E-state index contributed by atoms with van der Waals surface area (Å²) in [4.78, 5) is 34.6. The summed E-state index contributed by atoms with van der Waals surface area (Å²) in [6.07, 6.45) is 0. The second kappa shape index (κ2) is 5.71. The van der Waals surface area contributed by atoms with Crippen LogP contribution in [-0.4, -0.2) is 32.6 Å². The van der Waals surface area contributed by atoms with Gasteiger partial charge in [0.2, 0.25) is 0 Å². The van der Waals surface area contributed by atoms with Crippen LogP contribution in [0.3, 0.4) is 0 Å². The van der Waals surface area contributed by atoms with Crippen LogP contribution in [0.15, 0.2) is 24.3 Å². The van der Waals surface area contributed by atoms with Crippen molar-refractivity contribution >= 4 is 29.2 Å². The second-order valence-electron chi connectivity index (χ2n) is 4.10. The van der Waals surface area contributed by atoms with Crippen LogP contribution in [0.25, 0.3) is 0 Å². The van der Waals surface area contributed by atoms with Crippen LogP contribution in [0.5, 0.6) is 0 Å². The Kier molecular flexibility index (Phi) is 3.99. The molecule has 0 bridgehead atoms. The summed E-state index contributed by atoms with van der Waals surface area (Å²) in [6, 6.07) is 6.17. The monoisotopic (exact) mass is 307 g/mol. The Morgan fingerprint density at radius 1 is 1.10 bits per heavy atom. The number of ketones is 1. The van der Waals surface area contributed by atoms with Gasteiger partial charge in [0.25, 0.3) is 11.8 Å². The van der Waals surface area contributed by atoms with Gasteiger partial charge in [-0.3, -0.25) is 14.4 Å². The van der Waals surface area contributed by atoms with Crippen LogP contribution in [-0.2, 0) is 6.54 Å². The smallest absolute Gasteiger partial charge is 0.271 e. The van der Waals surface area contributed by atoms with Crippen molar-refractivity contribution in [3.05, 3.63) is 46.2 Å². The molecule has 1 aromatic carbocycles. The Hall–Kier alpha value is -2.74. The van der Waals surface area contributed by atoms with E-state index in [2.05, 4.69) is 10.3 Å². The Morgan fingerprint density at radius 3 is 2.24 bits per heavy atom. The van der Waals surface area contributed by atoms with Crippen molar-refractivity contribution in [1.82, 2.24) is 15.0 Å². The Labute approximate surface area is 123 Å². The van der Waals surface area contributed by atoms with Crippen molar-refractivity contribution in [3.63, 3.8) is 0 Å². The van der Waals surface area contributed by atoms with Crippen LogP contribution in [0.2, 0.25) is 5.02 Å². The van der Waals surface area contributed by atoms with E-state index in [0.717, 1.165) is 4.68 Å². The molecule has 0 unspecified atom stereocenters. The first-order valence-electron chi connectivity index (χ1n) is 5.72. The van der Waals surface area contributed by atoms with Crippen molar-refractivity contribution in [2.75, 3.05) is 0 Å². The van der Waals surface area contributed by atoms with Crippen molar-refractivity contribution in [3.8, 4) is 0 Å². The third kappa shape index (κ3) is 3.06. The van der Waals surface area contributed by atoms with Crippen molar-refractivity contribution in [1.29, 1.82) is 0 Å². The molecule has 1 aromatic heterocycles. The topological polar surface area (TPSA) is 134 Å². The van der Waals surface area contributed by atoms with Gasteiger partial charge < -0.3 is 11.5 Å². The number of amides is 2. The predicted octanol–water partition coefficient (Wildman–Crippen LogP) is 0.0122. The van der Waals surface area contributed by atoms with Gasteiger partial charge in [-0.15, -0.1) is 5.10 Å². The molecule has 9 heteroatoms. The summed E-state index contributed by atoms with van der Waals surface area (Å²) >= 11 is 5.73. The van der Waals surface area contributed by atoms with Gasteiger partial charge in [0.1, 0.15) is 6.54 Å². The average Bonchev–Trinajstić information content (AvgIpc) is 2.83. The third-order valence-corrected chi connectivity index (χ3v) is 2.91. The molecule has 0 aliphatic heterocycles. The van der Waals surface area contributed by atoms with Gasteiger partial charge in [0.05, 0.1) is 0 Å². The number of carbonyl (C=O) groups excluding carboxylic acids is 3. The SMILES string of the molecule is NC(=O)c1nnn(CC(=O)c2ccc(Cl)cc2)c1C(N)=O. The van der Waals surface area contributed by atoms with Crippen LogP contribution >= 0.6 is 11.6 Å². The molecular weight excluding hydrogens is 298 g/mol. The number of benzene rings is 1. The molecule has 21 heavy (non-hydrogen) atoms. The van der Waals surface area contributed by atoms with Gasteiger partial charge in [-0.1, -0.05) is 16.8 Å². The molecule has 0 saturated heterocycles. The fourth-order valence-electron chi connectivity index (χ4n) is 1.70. The van der Waals surface area contributed by atoms with E-state index < -0.39 is 11.8 Å². The minimum absolute atomic E-state index is 0.301. The fourth-order valence-corrected chi connectivity index (χ4v) is 1.82. The van der Waals surface area contributed by atoms with E-state index in [0.29, 0.717) is 10.6 Å². The van der Waals surface area contributed by atoms with E-state index in [4.69, 9.17) is 23.1 Å². The van der Waals surface area contributed by atoms with Gasteiger partial charge in [-0.05, 0) is 24.3 Å². The third-order valence-electron chi connectivity index (χ3n) is 2.66. The van der Waals surface area contributed by atoms with E-state index in [-0.39, 0.29) is 23.7 Å². The number of Topliss-reactive ketones (excluding diaryl/α,β-unsaturated/α-hetero) is 1. The Morgan fingerprint density at radius 2 is 1.71 bits per heavy atom. The molecule has 1 heterocycles. The molecule has 8 nitrogen and oxygen atoms in total. The lowest BCUT2D eigenvalue weighted by Gasteiger charge is -2.04. The van der Waals surface area contributed by atoms with Crippen LogP contribution < -0.4 is 11.5 Å². The summed E-state index contributed by atoms with van der Waals surface area (Å²) in [6.45, 7) is -0.305. The highest BCUT2D eigenvalue weighted by Crippen LogP contribution is 2.11. The number of aromatic nitrogens is 3. The molecule has 0 radical (unpaired) electrons. The summed E-state index contributed by atoms with van der Waals surface area (Å²) in [5.74, 6) is -2.25. The van der Waals surface area contributed by atoms with Gasteiger partial charge >= 0.3 is 0 Å². The van der Waals surface area contributed by atoms with Crippen molar-refractivity contribution in [2.24, 2.45) is 11.5 Å². The summed E-state index contributed by atoms with van der Waals surface area (Å²) in [5, 5.41) is 7.51. The number of carbonyl (C=O) groups is 3. The molecule has 2 rings (SSSR count). The lowest BCUT2D eigenvalue weighted by atomic mass is 10.1. The van der Waals surface area contributed by atoms with Gasteiger partial charge in [-0.25, -0.2) is 4.68 Å². The number of hydrogen-bond donors (Lipinski definition) is 2. The number of nitrogens with zero attached hydrogens (tertiary/aromatic N) is 3. The first-order chi connectivity index (χ1) is 9.90. The van der Waals surface area contributed by atoms with E-state index in [1.165, 1.54) is 12.1 Å². The highest BCUT2D eigenvalue weighted by atomic mass is 35.5. The molecule has 108 valence electrons. The number of nitrogens with two attached hydrogens (primary N) is 2. The van der Waals surface area contributed by atoms with Crippen LogP contribution in [0, 0.1) is 0 Å². The molecule has 2 aromatic rings. The molecule has 0 aliphatic rings. The molecule has 0 fully saturated rings. The summed E-state index contributed by atoms with van der Waals surface area (Å²) in [5.41, 5.74) is 9.91. The largest absolute Gasteiger partial charge is 0.364 e. The first-order valence-corrected chi connectivity index (χ1v) is 6.10. The Balaban J connectivity index is 2.31. The molecule has 0 spiro atoms. The zero-order valence-electron chi connectivity index (χ0n) is 10.6. The number of primary amides is 2. The standard InChI is InChI=1S/C12H10ClN5O3/c13-7-3-1-6(2-4-7)8(19)5-18-10(12(15)21)9(11(14)20)16-17-18/h1-4H,5H2,(H2,14,20)(H2,15,21). The molecule has 0 aliphatic carbocycles. The van der Waals surface area contributed by atoms with Crippen molar-refractivity contribution in [2.45, 2.75) is 6.54 Å². The number of halogens is 1. The lowest BCUT2D eigenvalue weighted by Crippen LogP contribution is -2.25. The lowest BCUT2D eigenvalue weighted by molar-refractivity contribution is 0.0942. The quantitative estimate of drug-likeness (QED) is 0.750. The molecule has 4 N–H and O–H groups in total. The van der Waals surface area contributed by atoms with E-state index in [1.807, 2.05) is 0 Å². The number of rotatable bonds is 5. The predicted molar refractivity (Wildman–Crippen MR) is 72.8 cm³/mol. The summed E-state index contributed by atoms with van der Waals surface area (Å²) < 4.78 is 0.944. The minimum atomic E-state index is -0.950. The van der Waals surface area contributed by atoms with E-state index in [9.17, 15) is 14.4 Å². The normalized spacial score (nSPS) is 10.3. The number of hydrogen-bond acceptors (Lipinski definition) is 5. The average molecular weight is 308 g/mol. The fraction of sp³-hybridized carbons (Fsp3) is 0.0833. The molecule has 0 atom stereocenters. The minimum Gasteiger partial charge on any atom is -0.364 e. The van der Waals surface area contributed by atoms with Gasteiger partial charge in [-0.2, -0.15) is 0 Å². The maximum absolute atomic E-state index is 12.1.